The average Bonchev–Trinajstić information content (AvgIpc) is 2.32. The highest BCUT2D eigenvalue weighted by molar-refractivity contribution is 8.06. The molecule has 0 amide bonds. The van der Waals surface area contributed by atoms with E-state index in [1.165, 1.54) is 22.7 Å². The molecular formula is C12H20O2S2. The van der Waals surface area contributed by atoms with Crippen LogP contribution in [0.15, 0.2) is 22.0 Å². The lowest BCUT2D eigenvalue weighted by Gasteiger charge is -2.15. The fourth-order valence-electron chi connectivity index (χ4n) is 1.38. The summed E-state index contributed by atoms with van der Waals surface area (Å²) < 4.78 is 10.2. The third kappa shape index (κ3) is 5.43. The Labute approximate surface area is 107 Å². The smallest absolute Gasteiger partial charge is 0.0556 e. The fourth-order valence-corrected chi connectivity index (χ4v) is 3.62. The van der Waals surface area contributed by atoms with Crippen molar-refractivity contribution in [3.05, 3.63) is 22.0 Å². The first-order valence-electron chi connectivity index (χ1n) is 5.51. The summed E-state index contributed by atoms with van der Waals surface area (Å²) in [6, 6.07) is 0. The molecule has 0 aromatic heterocycles. The van der Waals surface area contributed by atoms with Crippen LogP contribution in [-0.2, 0) is 9.47 Å². The van der Waals surface area contributed by atoms with Crippen LogP contribution >= 0.6 is 23.5 Å². The number of rotatable bonds is 8. The Morgan fingerprint density at radius 1 is 1.12 bits per heavy atom. The predicted octanol–water partition coefficient (Wildman–Crippen LogP) is 3.31. The van der Waals surface area contributed by atoms with Gasteiger partial charge in [0.15, 0.2) is 0 Å². The molecule has 0 radical (unpaired) electrons. The molecule has 0 unspecified atom stereocenters. The third-order valence-corrected chi connectivity index (χ3v) is 4.53. The fraction of sp³-hybridized carbons (Fsp3) is 0.667. The van der Waals surface area contributed by atoms with Crippen molar-refractivity contribution < 1.29 is 9.47 Å². The van der Waals surface area contributed by atoms with Gasteiger partial charge < -0.3 is 9.47 Å². The normalized spacial score (nSPS) is 15.9. The topological polar surface area (TPSA) is 18.5 Å². The number of thioether (sulfide) groups is 2. The molecule has 1 aliphatic rings. The zero-order valence-electron chi connectivity index (χ0n) is 10.0. The van der Waals surface area contributed by atoms with Gasteiger partial charge in [-0.2, -0.15) is 0 Å². The molecular weight excluding hydrogens is 240 g/mol. The Balaban J connectivity index is 2.40. The first-order valence-corrected chi connectivity index (χ1v) is 7.48. The van der Waals surface area contributed by atoms with Crippen molar-refractivity contribution in [1.29, 1.82) is 0 Å². The first kappa shape index (κ1) is 14.2. The van der Waals surface area contributed by atoms with Crippen LogP contribution in [0, 0.1) is 0 Å². The lowest BCUT2D eigenvalue weighted by molar-refractivity contribution is 0.218. The van der Waals surface area contributed by atoms with E-state index in [0.29, 0.717) is 0 Å². The van der Waals surface area contributed by atoms with Crippen LogP contribution in [0.3, 0.4) is 0 Å². The minimum absolute atomic E-state index is 0.817. The van der Waals surface area contributed by atoms with Gasteiger partial charge in [-0.1, -0.05) is 12.2 Å². The lowest BCUT2D eigenvalue weighted by atomic mass is 10.2. The molecule has 1 rings (SSSR count). The van der Waals surface area contributed by atoms with Gasteiger partial charge in [-0.15, -0.1) is 23.5 Å². The molecule has 0 saturated heterocycles. The van der Waals surface area contributed by atoms with E-state index in [2.05, 4.69) is 12.2 Å². The van der Waals surface area contributed by atoms with E-state index in [0.717, 1.165) is 24.7 Å². The van der Waals surface area contributed by atoms with Crippen molar-refractivity contribution in [3.8, 4) is 0 Å². The summed E-state index contributed by atoms with van der Waals surface area (Å²) in [4.78, 5) is 2.94. The molecule has 16 heavy (non-hydrogen) atoms. The maximum absolute atomic E-state index is 5.08. The van der Waals surface area contributed by atoms with Gasteiger partial charge in [0.1, 0.15) is 0 Å². The molecule has 0 heterocycles. The van der Waals surface area contributed by atoms with E-state index in [4.69, 9.17) is 9.47 Å². The largest absolute Gasteiger partial charge is 0.384 e. The Hall–Kier alpha value is 0.100. The third-order valence-electron chi connectivity index (χ3n) is 2.19. The number of ether oxygens (including phenoxy) is 2. The summed E-state index contributed by atoms with van der Waals surface area (Å²) in [7, 11) is 3.50. The summed E-state index contributed by atoms with van der Waals surface area (Å²) in [6.07, 6.45) is 6.86. The van der Waals surface area contributed by atoms with Crippen molar-refractivity contribution in [2.24, 2.45) is 0 Å². The number of methoxy groups -OCH3 is 2. The van der Waals surface area contributed by atoms with Crippen molar-refractivity contribution in [1.82, 2.24) is 0 Å². The summed E-state index contributed by atoms with van der Waals surface area (Å²) in [5.74, 6) is 2.08. The Morgan fingerprint density at radius 2 is 1.81 bits per heavy atom. The predicted molar refractivity (Wildman–Crippen MR) is 74.1 cm³/mol. The molecule has 0 atom stereocenters. The molecule has 2 nitrogen and oxygen atoms in total. The Morgan fingerprint density at radius 3 is 2.50 bits per heavy atom. The molecule has 0 spiro atoms. The number of hydrogen-bond acceptors (Lipinski definition) is 4. The van der Waals surface area contributed by atoms with E-state index in [1.807, 2.05) is 23.5 Å². The van der Waals surface area contributed by atoms with E-state index < -0.39 is 0 Å². The van der Waals surface area contributed by atoms with E-state index >= 15 is 0 Å². The maximum atomic E-state index is 5.08. The lowest BCUT2D eigenvalue weighted by Crippen LogP contribution is -1.97. The van der Waals surface area contributed by atoms with Crippen LogP contribution in [0.4, 0.5) is 0 Å². The zero-order valence-corrected chi connectivity index (χ0v) is 11.7. The van der Waals surface area contributed by atoms with E-state index in [1.54, 1.807) is 14.2 Å². The second-order valence-corrected chi connectivity index (χ2v) is 5.74. The molecule has 92 valence electrons. The highest BCUT2D eigenvalue weighted by Crippen LogP contribution is 2.34. The van der Waals surface area contributed by atoms with Crippen molar-refractivity contribution in [2.75, 3.05) is 38.9 Å². The van der Waals surface area contributed by atoms with Gasteiger partial charge in [0.05, 0.1) is 13.2 Å². The van der Waals surface area contributed by atoms with Crippen LogP contribution < -0.4 is 0 Å². The second-order valence-electron chi connectivity index (χ2n) is 3.41. The second kappa shape index (κ2) is 9.16. The van der Waals surface area contributed by atoms with Crippen molar-refractivity contribution in [2.45, 2.75) is 12.8 Å². The van der Waals surface area contributed by atoms with Gasteiger partial charge in [-0.25, -0.2) is 0 Å². The van der Waals surface area contributed by atoms with Gasteiger partial charge in [0.2, 0.25) is 0 Å². The highest BCUT2D eigenvalue weighted by Gasteiger charge is 2.09. The Bertz CT molecular complexity index is 249. The summed E-state index contributed by atoms with van der Waals surface area (Å²) in [6.45, 7) is 1.64. The molecule has 0 bridgehead atoms. The van der Waals surface area contributed by atoms with Gasteiger partial charge in [0, 0.05) is 30.6 Å². The molecule has 0 fully saturated rings. The summed E-state index contributed by atoms with van der Waals surface area (Å²) in [5, 5.41) is 0. The quantitative estimate of drug-likeness (QED) is 0.623. The molecule has 0 aromatic rings. The molecule has 1 aliphatic carbocycles. The molecule has 0 aromatic carbocycles. The van der Waals surface area contributed by atoms with Gasteiger partial charge >= 0.3 is 0 Å². The minimum Gasteiger partial charge on any atom is -0.384 e. The molecule has 0 aliphatic heterocycles. The zero-order chi connectivity index (χ0) is 11.6. The molecule has 0 saturated carbocycles. The van der Waals surface area contributed by atoms with Crippen LogP contribution in [-0.4, -0.2) is 38.9 Å². The van der Waals surface area contributed by atoms with Crippen molar-refractivity contribution in [3.63, 3.8) is 0 Å². The number of allylic oxidation sites excluding steroid dienone is 3. The molecule has 4 heteroatoms. The van der Waals surface area contributed by atoms with Crippen LogP contribution in [0.5, 0.6) is 0 Å². The Kier molecular flexibility index (Phi) is 8.11. The van der Waals surface area contributed by atoms with Gasteiger partial charge in [-0.05, 0) is 17.7 Å². The van der Waals surface area contributed by atoms with Crippen LogP contribution in [0.1, 0.15) is 12.8 Å². The first-order chi connectivity index (χ1) is 7.88. The standard InChI is InChI=1S/C12H20O2S2/c1-13-7-9-15-11-5-3-4-6-12(11)16-10-8-14-2/h3,5H,4,6-10H2,1-2H3. The van der Waals surface area contributed by atoms with E-state index in [9.17, 15) is 0 Å². The monoisotopic (exact) mass is 260 g/mol. The SMILES string of the molecule is COCCSC1=C(SCCOC)CCC=C1. The highest BCUT2D eigenvalue weighted by atomic mass is 32.2. The average molecular weight is 260 g/mol. The van der Waals surface area contributed by atoms with E-state index in [-0.39, 0.29) is 0 Å². The maximum Gasteiger partial charge on any atom is 0.0556 e. The van der Waals surface area contributed by atoms with Crippen LogP contribution in [0.2, 0.25) is 0 Å². The number of hydrogen-bond donors (Lipinski definition) is 0. The summed E-state index contributed by atoms with van der Waals surface area (Å²) in [5.41, 5.74) is 0. The van der Waals surface area contributed by atoms with Gasteiger partial charge in [-0.3, -0.25) is 0 Å². The van der Waals surface area contributed by atoms with Gasteiger partial charge in [0.25, 0.3) is 0 Å². The summed E-state index contributed by atoms with van der Waals surface area (Å²) >= 11 is 3.82. The van der Waals surface area contributed by atoms with Crippen LogP contribution in [0.25, 0.3) is 0 Å². The molecule has 0 N–H and O–H groups in total. The van der Waals surface area contributed by atoms with Crippen molar-refractivity contribution >= 4 is 23.5 Å². The minimum atomic E-state index is 0.817.